The highest BCUT2D eigenvalue weighted by Gasteiger charge is 2.06. The van der Waals surface area contributed by atoms with Gasteiger partial charge in [-0.2, -0.15) is 0 Å². The van der Waals surface area contributed by atoms with Gasteiger partial charge in [0.15, 0.2) is 0 Å². The molecule has 0 bridgehead atoms. The van der Waals surface area contributed by atoms with Crippen LogP contribution in [0.3, 0.4) is 0 Å². The zero-order valence-electron chi connectivity index (χ0n) is 9.87. The summed E-state index contributed by atoms with van der Waals surface area (Å²) in [5.41, 5.74) is 10.9. The van der Waals surface area contributed by atoms with E-state index in [0.717, 1.165) is 12.1 Å². The molecule has 2 amide bonds. The van der Waals surface area contributed by atoms with E-state index < -0.39 is 5.91 Å². The first-order valence-corrected chi connectivity index (χ1v) is 5.89. The zero-order chi connectivity index (χ0) is 13.4. The van der Waals surface area contributed by atoms with Crippen molar-refractivity contribution in [1.82, 2.24) is 4.98 Å². The second-order valence-corrected chi connectivity index (χ2v) is 4.22. The van der Waals surface area contributed by atoms with Crippen LogP contribution in [0.25, 0.3) is 0 Å². The van der Waals surface area contributed by atoms with Crippen LogP contribution < -0.4 is 11.5 Å². The molecule has 0 saturated carbocycles. The smallest absolute Gasteiger partial charge is 0.268 e. The minimum absolute atomic E-state index is 0.211. The van der Waals surface area contributed by atoms with Crippen LogP contribution in [0.1, 0.15) is 35.9 Å². The molecule has 0 aromatic carbocycles. The Labute approximate surface area is 109 Å². The third kappa shape index (κ3) is 6.68. The lowest BCUT2D eigenvalue weighted by Gasteiger charge is -1.98. The Morgan fingerprint density at radius 2 is 1.94 bits per heavy atom. The number of halogens is 1. The minimum Gasteiger partial charge on any atom is -0.370 e. The number of carbonyl (C=O) groups excluding carboxylic acids is 2. The van der Waals surface area contributed by atoms with Crippen LogP contribution in [-0.2, 0) is 4.79 Å². The van der Waals surface area contributed by atoms with Gasteiger partial charge >= 0.3 is 0 Å². The van der Waals surface area contributed by atoms with E-state index in [1.807, 2.05) is 6.92 Å². The van der Waals surface area contributed by atoms with E-state index in [0.29, 0.717) is 10.9 Å². The van der Waals surface area contributed by atoms with Crippen LogP contribution in [0.4, 0.5) is 0 Å². The van der Waals surface area contributed by atoms with Gasteiger partial charge in [-0.05, 0) is 41.4 Å². The first kappa shape index (κ1) is 15.6. The van der Waals surface area contributed by atoms with E-state index in [9.17, 15) is 9.59 Å². The quantitative estimate of drug-likeness (QED) is 0.885. The van der Waals surface area contributed by atoms with E-state index in [2.05, 4.69) is 20.9 Å². The Balaban J connectivity index is 0.000000366. The van der Waals surface area contributed by atoms with Crippen LogP contribution in [0.15, 0.2) is 16.6 Å². The molecule has 0 radical (unpaired) electrons. The predicted octanol–water partition coefficient (Wildman–Crippen LogP) is 1.52. The van der Waals surface area contributed by atoms with E-state index in [4.69, 9.17) is 11.5 Å². The number of primary amides is 2. The summed E-state index contributed by atoms with van der Waals surface area (Å²) in [4.78, 5) is 24.5. The number of pyridine rings is 1. The van der Waals surface area contributed by atoms with Gasteiger partial charge in [0.2, 0.25) is 5.91 Å². The topological polar surface area (TPSA) is 99.1 Å². The fraction of sp³-hybridized carbons (Fsp3) is 0.364. The third-order valence-corrected chi connectivity index (χ3v) is 2.35. The molecular weight excluding hydrogens is 286 g/mol. The fourth-order valence-corrected chi connectivity index (χ4v) is 1.38. The van der Waals surface area contributed by atoms with Crippen molar-refractivity contribution in [1.29, 1.82) is 0 Å². The molecule has 1 heterocycles. The Bertz CT molecular complexity index is 408. The van der Waals surface area contributed by atoms with E-state index >= 15 is 0 Å². The van der Waals surface area contributed by atoms with Gasteiger partial charge < -0.3 is 11.5 Å². The Hall–Kier alpha value is -1.43. The third-order valence-electron chi connectivity index (χ3n) is 1.72. The lowest BCUT2D eigenvalue weighted by atomic mass is 10.3. The second kappa shape index (κ2) is 7.78. The van der Waals surface area contributed by atoms with Crippen molar-refractivity contribution in [3.05, 3.63) is 28.0 Å². The molecule has 0 atom stereocenters. The van der Waals surface area contributed by atoms with Crippen molar-refractivity contribution < 1.29 is 9.59 Å². The van der Waals surface area contributed by atoms with Gasteiger partial charge in [-0.15, -0.1) is 0 Å². The molecule has 1 rings (SSSR count). The van der Waals surface area contributed by atoms with E-state index in [1.165, 1.54) is 0 Å². The number of nitrogens with two attached hydrogens (primary N) is 2. The number of hydrogen-bond donors (Lipinski definition) is 2. The second-order valence-electron chi connectivity index (χ2n) is 3.36. The van der Waals surface area contributed by atoms with E-state index in [1.54, 1.807) is 19.1 Å². The maximum Gasteiger partial charge on any atom is 0.268 e. The van der Waals surface area contributed by atoms with Gasteiger partial charge in [0.1, 0.15) is 5.69 Å². The van der Waals surface area contributed by atoms with Gasteiger partial charge in [0.25, 0.3) is 5.91 Å². The Morgan fingerprint density at radius 3 is 2.24 bits per heavy atom. The van der Waals surface area contributed by atoms with Crippen molar-refractivity contribution in [3.8, 4) is 0 Å². The van der Waals surface area contributed by atoms with Gasteiger partial charge in [0.05, 0.1) is 0 Å². The number of amides is 2. The first-order chi connectivity index (χ1) is 7.88. The summed E-state index contributed by atoms with van der Waals surface area (Å²) in [5, 5.41) is 0. The summed E-state index contributed by atoms with van der Waals surface area (Å²) < 4.78 is 0.635. The average molecular weight is 302 g/mol. The molecule has 94 valence electrons. The molecule has 5 nitrogen and oxygen atoms in total. The number of carbonyl (C=O) groups is 2. The maximum absolute atomic E-state index is 10.7. The minimum atomic E-state index is -0.513. The lowest BCUT2D eigenvalue weighted by molar-refractivity contribution is -0.118. The van der Waals surface area contributed by atoms with Crippen LogP contribution in [-0.4, -0.2) is 16.8 Å². The molecule has 0 unspecified atom stereocenters. The Kier molecular flexibility index (Phi) is 7.13. The van der Waals surface area contributed by atoms with Gasteiger partial charge in [-0.25, -0.2) is 4.98 Å². The molecule has 0 spiro atoms. The SMILES string of the molecule is CCCC(N)=O.Cc1ccc(Br)c(C(N)=O)n1. The predicted molar refractivity (Wildman–Crippen MR) is 69.3 cm³/mol. The number of hydrogen-bond acceptors (Lipinski definition) is 3. The summed E-state index contributed by atoms with van der Waals surface area (Å²) in [6.45, 7) is 3.73. The molecule has 0 aliphatic heterocycles. The summed E-state index contributed by atoms with van der Waals surface area (Å²) in [6.07, 6.45) is 1.37. The zero-order valence-corrected chi connectivity index (χ0v) is 11.5. The molecular formula is C11H16BrN3O2. The Morgan fingerprint density at radius 1 is 1.35 bits per heavy atom. The monoisotopic (exact) mass is 301 g/mol. The number of aryl methyl sites for hydroxylation is 1. The normalized spacial score (nSPS) is 9.12. The average Bonchev–Trinajstić information content (AvgIpc) is 2.22. The van der Waals surface area contributed by atoms with E-state index in [-0.39, 0.29) is 11.6 Å². The highest BCUT2D eigenvalue weighted by Crippen LogP contribution is 2.13. The fourth-order valence-electron chi connectivity index (χ4n) is 0.959. The van der Waals surface area contributed by atoms with Gasteiger partial charge in [0, 0.05) is 16.6 Å². The van der Waals surface area contributed by atoms with Crippen LogP contribution >= 0.6 is 15.9 Å². The summed E-state index contributed by atoms with van der Waals surface area (Å²) in [7, 11) is 0. The van der Waals surface area contributed by atoms with Crippen molar-refractivity contribution in [2.24, 2.45) is 11.5 Å². The lowest BCUT2D eigenvalue weighted by Crippen LogP contribution is -2.14. The number of aromatic nitrogens is 1. The molecule has 17 heavy (non-hydrogen) atoms. The van der Waals surface area contributed by atoms with Crippen LogP contribution in [0, 0.1) is 6.92 Å². The molecule has 0 saturated heterocycles. The van der Waals surface area contributed by atoms with Crippen molar-refractivity contribution in [2.75, 3.05) is 0 Å². The van der Waals surface area contributed by atoms with Crippen LogP contribution in [0.5, 0.6) is 0 Å². The van der Waals surface area contributed by atoms with Crippen molar-refractivity contribution in [3.63, 3.8) is 0 Å². The van der Waals surface area contributed by atoms with Crippen LogP contribution in [0.2, 0.25) is 0 Å². The maximum atomic E-state index is 10.7. The summed E-state index contributed by atoms with van der Waals surface area (Å²) in [5.74, 6) is -0.724. The first-order valence-electron chi connectivity index (χ1n) is 5.09. The van der Waals surface area contributed by atoms with Gasteiger partial charge in [-0.1, -0.05) is 6.92 Å². The number of nitrogens with zero attached hydrogens (tertiary/aromatic N) is 1. The summed E-state index contributed by atoms with van der Waals surface area (Å²) in [6, 6.07) is 3.55. The molecule has 1 aromatic heterocycles. The standard InChI is InChI=1S/C7H7BrN2O.C4H9NO/c1-4-2-3-5(8)6(10-4)7(9)11;1-2-3-4(5)6/h2-3H,1H3,(H2,9,11);2-3H2,1H3,(H2,5,6). The molecule has 0 aliphatic carbocycles. The highest BCUT2D eigenvalue weighted by atomic mass is 79.9. The number of rotatable bonds is 3. The molecule has 0 aliphatic rings. The molecule has 6 heteroatoms. The summed E-state index contributed by atoms with van der Waals surface area (Å²) >= 11 is 3.17. The molecule has 1 aromatic rings. The van der Waals surface area contributed by atoms with Gasteiger partial charge in [-0.3, -0.25) is 9.59 Å². The van der Waals surface area contributed by atoms with Crippen molar-refractivity contribution >= 4 is 27.7 Å². The molecule has 0 fully saturated rings. The molecule has 4 N–H and O–H groups in total. The van der Waals surface area contributed by atoms with Crippen molar-refractivity contribution in [2.45, 2.75) is 26.7 Å². The largest absolute Gasteiger partial charge is 0.370 e. The highest BCUT2D eigenvalue weighted by molar-refractivity contribution is 9.10.